The topological polar surface area (TPSA) is 55.0 Å². The second-order valence-electron chi connectivity index (χ2n) is 7.13. The minimum absolute atomic E-state index is 0.161. The lowest BCUT2D eigenvalue weighted by atomic mass is 9.95. The van der Waals surface area contributed by atoms with Crippen LogP contribution in [0.2, 0.25) is 0 Å². The number of aromatic nitrogens is 1. The van der Waals surface area contributed by atoms with Crippen LogP contribution in [0, 0.1) is 43.9 Å². The molecule has 0 saturated carbocycles. The molecule has 0 N–H and O–H groups in total. The van der Waals surface area contributed by atoms with E-state index < -0.39 is 0 Å². The van der Waals surface area contributed by atoms with Gasteiger partial charge in [0, 0.05) is 12.6 Å². The van der Waals surface area contributed by atoms with Crippen LogP contribution in [0.25, 0.3) is 11.1 Å². The number of ether oxygens (including phenoxy) is 1. The first-order chi connectivity index (χ1) is 14.3. The van der Waals surface area contributed by atoms with Crippen LogP contribution >= 0.6 is 9.24 Å². The number of rotatable bonds is 3. The van der Waals surface area contributed by atoms with Gasteiger partial charge in [0.1, 0.15) is 23.7 Å². The van der Waals surface area contributed by atoms with Gasteiger partial charge in [-0.25, -0.2) is 0 Å². The summed E-state index contributed by atoms with van der Waals surface area (Å²) in [6, 6.07) is 16.0. The number of nitrogens with zero attached hydrogens (tertiary/aromatic N) is 2. The van der Waals surface area contributed by atoms with Gasteiger partial charge in [-0.1, -0.05) is 39.4 Å². The lowest BCUT2D eigenvalue weighted by molar-refractivity contribution is 0.392. The molecular weight excluding hydrogens is 391 g/mol. The molecule has 30 heavy (non-hydrogen) atoms. The molecule has 150 valence electrons. The van der Waals surface area contributed by atoms with Crippen molar-refractivity contribution < 1.29 is 4.74 Å². The van der Waals surface area contributed by atoms with Gasteiger partial charge in [-0.2, -0.15) is 5.26 Å². The Morgan fingerprint density at radius 2 is 1.53 bits per heavy atom. The Morgan fingerprint density at radius 3 is 2.10 bits per heavy atom. The average Bonchev–Trinajstić information content (AvgIpc) is 2.72. The van der Waals surface area contributed by atoms with E-state index >= 15 is 0 Å². The Labute approximate surface area is 179 Å². The Hall–Kier alpha value is -3.33. The molecule has 0 fully saturated rings. The minimum atomic E-state index is -0.320. The number of benzene rings is 2. The molecule has 0 aliphatic carbocycles. The zero-order valence-electron chi connectivity index (χ0n) is 17.5. The summed E-state index contributed by atoms with van der Waals surface area (Å²) in [7, 11) is 4.18. The molecule has 0 radical (unpaired) electrons. The van der Waals surface area contributed by atoms with Crippen LogP contribution in [-0.2, 0) is 7.05 Å². The van der Waals surface area contributed by atoms with E-state index in [-0.39, 0.29) is 11.1 Å². The fourth-order valence-corrected chi connectivity index (χ4v) is 3.56. The first-order valence-corrected chi connectivity index (χ1v) is 10.3. The highest BCUT2D eigenvalue weighted by Crippen LogP contribution is 2.27. The summed E-state index contributed by atoms with van der Waals surface area (Å²) < 4.78 is 6.91. The summed E-state index contributed by atoms with van der Waals surface area (Å²) in [5.74, 6) is 7.17. The van der Waals surface area contributed by atoms with Crippen molar-refractivity contribution in [2.75, 3.05) is 6.35 Å². The summed E-state index contributed by atoms with van der Waals surface area (Å²) in [4.78, 5) is 12.3. The zero-order valence-corrected chi connectivity index (χ0v) is 18.7. The van der Waals surface area contributed by atoms with E-state index in [2.05, 4.69) is 33.2 Å². The van der Waals surface area contributed by atoms with E-state index in [1.165, 1.54) is 4.57 Å². The lowest BCUT2D eigenvalue weighted by Crippen LogP contribution is -2.23. The first-order valence-electron chi connectivity index (χ1n) is 9.53. The van der Waals surface area contributed by atoms with Crippen LogP contribution in [0.5, 0.6) is 5.75 Å². The SMILES string of the molecule is Cc1cc(-c2ccc(OCP)cc2)cc(C)c1C#Cc1cc(C)c(C#N)c(=O)n1C. The molecule has 1 atom stereocenters. The molecular formula is C25H23N2O2P. The van der Waals surface area contributed by atoms with E-state index in [1.807, 2.05) is 44.2 Å². The second kappa shape index (κ2) is 9.00. The van der Waals surface area contributed by atoms with Crippen molar-refractivity contribution in [1.29, 1.82) is 5.26 Å². The molecule has 3 aromatic rings. The van der Waals surface area contributed by atoms with Crippen LogP contribution in [0.3, 0.4) is 0 Å². The van der Waals surface area contributed by atoms with E-state index in [1.54, 1.807) is 20.0 Å². The van der Waals surface area contributed by atoms with Gasteiger partial charge in [0.15, 0.2) is 0 Å². The van der Waals surface area contributed by atoms with Crippen molar-refractivity contribution >= 4 is 9.24 Å². The Morgan fingerprint density at radius 1 is 0.933 bits per heavy atom. The molecule has 1 heterocycles. The van der Waals surface area contributed by atoms with Gasteiger partial charge >= 0.3 is 0 Å². The normalized spacial score (nSPS) is 10.1. The predicted molar refractivity (Wildman–Crippen MR) is 124 cm³/mol. The molecule has 0 aliphatic rings. The van der Waals surface area contributed by atoms with Crippen LogP contribution in [0.4, 0.5) is 0 Å². The average molecular weight is 414 g/mol. The Kier molecular flexibility index (Phi) is 6.41. The second-order valence-corrected chi connectivity index (χ2v) is 7.47. The summed E-state index contributed by atoms with van der Waals surface area (Å²) in [6.45, 7) is 5.83. The van der Waals surface area contributed by atoms with Crippen molar-refractivity contribution in [3.05, 3.63) is 86.3 Å². The van der Waals surface area contributed by atoms with E-state index in [9.17, 15) is 4.79 Å². The standard InChI is InChI=1S/C25H23N2O2P/c1-16-11-20(19-5-8-22(9-6-19)29-15-30)12-17(2)23(16)10-7-21-13-18(3)24(14-26)25(28)27(21)4/h5-6,8-9,11-13H,15,30H2,1-4H3. The highest BCUT2D eigenvalue weighted by molar-refractivity contribution is 7.16. The first kappa shape index (κ1) is 21.4. The quantitative estimate of drug-likeness (QED) is 0.470. The van der Waals surface area contributed by atoms with E-state index in [4.69, 9.17) is 10.00 Å². The molecule has 2 aromatic carbocycles. The molecule has 0 amide bonds. The third kappa shape index (κ3) is 4.30. The van der Waals surface area contributed by atoms with Crippen molar-refractivity contribution in [2.24, 2.45) is 7.05 Å². The van der Waals surface area contributed by atoms with E-state index in [0.717, 1.165) is 33.6 Å². The fraction of sp³-hybridized carbons (Fsp3) is 0.200. The van der Waals surface area contributed by atoms with E-state index in [0.29, 0.717) is 17.6 Å². The van der Waals surface area contributed by atoms with Crippen molar-refractivity contribution in [1.82, 2.24) is 4.57 Å². The number of aryl methyl sites for hydroxylation is 3. The van der Waals surface area contributed by atoms with Gasteiger partial charge in [0.2, 0.25) is 0 Å². The maximum absolute atomic E-state index is 12.3. The molecule has 5 heteroatoms. The molecule has 0 bridgehead atoms. The number of nitriles is 1. The van der Waals surface area contributed by atoms with Gasteiger partial charge < -0.3 is 9.30 Å². The zero-order chi connectivity index (χ0) is 21.8. The van der Waals surface area contributed by atoms with Crippen molar-refractivity contribution in [3.63, 3.8) is 0 Å². The molecule has 0 aliphatic heterocycles. The van der Waals surface area contributed by atoms with Crippen LogP contribution in [0.15, 0.2) is 47.3 Å². The number of hydrogen-bond donors (Lipinski definition) is 0. The molecule has 1 unspecified atom stereocenters. The maximum atomic E-state index is 12.3. The van der Waals surface area contributed by atoms with Crippen molar-refractivity contribution in [2.45, 2.75) is 20.8 Å². The fourth-order valence-electron chi connectivity index (χ4n) is 3.37. The monoisotopic (exact) mass is 414 g/mol. The Bertz CT molecular complexity index is 1250. The number of pyridine rings is 1. The van der Waals surface area contributed by atoms with Crippen molar-refractivity contribution in [3.8, 4) is 34.8 Å². The van der Waals surface area contributed by atoms with Gasteiger partial charge in [-0.3, -0.25) is 4.79 Å². The Balaban J connectivity index is 1.99. The molecule has 0 saturated heterocycles. The van der Waals surface area contributed by atoms with Gasteiger partial charge in [-0.15, -0.1) is 0 Å². The minimum Gasteiger partial charge on any atom is -0.490 e. The molecule has 3 rings (SSSR count). The largest absolute Gasteiger partial charge is 0.490 e. The highest BCUT2D eigenvalue weighted by Gasteiger charge is 2.09. The van der Waals surface area contributed by atoms with Crippen LogP contribution in [-0.4, -0.2) is 10.9 Å². The molecule has 0 spiro atoms. The van der Waals surface area contributed by atoms with Gasteiger partial charge in [0.25, 0.3) is 5.56 Å². The third-order valence-corrected chi connectivity index (χ3v) is 5.19. The maximum Gasteiger partial charge on any atom is 0.269 e. The summed E-state index contributed by atoms with van der Waals surface area (Å²) in [5, 5.41) is 9.15. The van der Waals surface area contributed by atoms with Gasteiger partial charge in [0.05, 0.1) is 5.69 Å². The van der Waals surface area contributed by atoms with Gasteiger partial charge in [-0.05, 0) is 72.7 Å². The highest BCUT2D eigenvalue weighted by atomic mass is 31.0. The summed E-state index contributed by atoms with van der Waals surface area (Å²) >= 11 is 0. The molecule has 4 nitrogen and oxygen atoms in total. The lowest BCUT2D eigenvalue weighted by Gasteiger charge is -2.10. The van der Waals surface area contributed by atoms with Crippen LogP contribution < -0.4 is 10.3 Å². The summed E-state index contributed by atoms with van der Waals surface area (Å²) in [5.41, 5.74) is 6.38. The third-order valence-electron chi connectivity index (χ3n) is 5.03. The predicted octanol–water partition coefficient (Wildman–Crippen LogP) is 4.46. The smallest absolute Gasteiger partial charge is 0.269 e. The summed E-state index contributed by atoms with van der Waals surface area (Å²) in [6.07, 6.45) is 0.565. The number of hydrogen-bond acceptors (Lipinski definition) is 3. The molecule has 1 aromatic heterocycles. The van der Waals surface area contributed by atoms with Crippen LogP contribution in [0.1, 0.15) is 33.5 Å².